The lowest BCUT2D eigenvalue weighted by molar-refractivity contribution is 0.0826. The molecule has 1 heterocycles. The predicted molar refractivity (Wildman–Crippen MR) is 62.0 cm³/mol. The van der Waals surface area contributed by atoms with Gasteiger partial charge >= 0.3 is 0 Å². The Labute approximate surface area is 94.6 Å². The van der Waals surface area contributed by atoms with Crippen LogP contribution in [0.25, 0.3) is 0 Å². The summed E-state index contributed by atoms with van der Waals surface area (Å²) in [6, 6.07) is 11.9. The van der Waals surface area contributed by atoms with Gasteiger partial charge in [0, 0.05) is 18.0 Å². The maximum atomic E-state index is 10.8. The number of hydrogen-bond donors (Lipinski definition) is 1. The molecule has 3 rings (SSSR count). The molecule has 1 aromatic carbocycles. The van der Waals surface area contributed by atoms with Crippen molar-refractivity contribution in [2.45, 2.75) is 18.4 Å². The van der Waals surface area contributed by atoms with Gasteiger partial charge in [-0.1, -0.05) is 30.3 Å². The molecule has 1 atom stereocenters. The lowest BCUT2D eigenvalue weighted by Gasteiger charge is -2.24. The van der Waals surface area contributed by atoms with Crippen molar-refractivity contribution < 1.29 is 5.11 Å². The maximum Gasteiger partial charge on any atom is 0.117 e. The van der Waals surface area contributed by atoms with Gasteiger partial charge in [0.25, 0.3) is 0 Å². The number of nitrogens with zero attached hydrogens (tertiary/aromatic N) is 1. The second-order valence-electron chi connectivity index (χ2n) is 4.26. The number of rotatable bonds is 1. The van der Waals surface area contributed by atoms with E-state index in [9.17, 15) is 5.11 Å². The molecule has 0 saturated carbocycles. The first-order chi connectivity index (χ1) is 7.81. The Kier molecular flexibility index (Phi) is 2.04. The number of fused-ring (bicyclic) bond motifs is 1. The number of pyridine rings is 1. The van der Waals surface area contributed by atoms with Crippen LogP contribution in [0.5, 0.6) is 0 Å². The second kappa shape index (κ2) is 3.42. The Morgan fingerprint density at radius 2 is 2.00 bits per heavy atom. The maximum absolute atomic E-state index is 10.8. The van der Waals surface area contributed by atoms with Crippen LogP contribution in [0.3, 0.4) is 0 Å². The Morgan fingerprint density at radius 3 is 2.81 bits per heavy atom. The summed E-state index contributed by atoms with van der Waals surface area (Å²) in [5.41, 5.74) is 2.32. The van der Waals surface area contributed by atoms with Crippen LogP contribution in [0, 0.1) is 0 Å². The van der Waals surface area contributed by atoms with Gasteiger partial charge in [0.15, 0.2) is 0 Å². The molecule has 2 heteroatoms. The van der Waals surface area contributed by atoms with Crippen LogP contribution in [0.4, 0.5) is 0 Å². The largest absolute Gasteiger partial charge is 0.380 e. The number of aromatic nitrogens is 1. The summed E-state index contributed by atoms with van der Waals surface area (Å²) in [7, 11) is 0. The summed E-state index contributed by atoms with van der Waals surface area (Å²) >= 11 is 0. The molecule has 2 aromatic rings. The monoisotopic (exact) mass is 211 g/mol. The van der Waals surface area contributed by atoms with E-state index in [1.165, 1.54) is 5.56 Å². The van der Waals surface area contributed by atoms with E-state index in [1.54, 1.807) is 12.4 Å². The van der Waals surface area contributed by atoms with Crippen LogP contribution in [-0.4, -0.2) is 10.1 Å². The third-order valence-electron chi connectivity index (χ3n) is 3.36. The average Bonchev–Trinajstić information content (AvgIpc) is 2.71. The number of benzene rings is 1. The van der Waals surface area contributed by atoms with Gasteiger partial charge in [0.05, 0.1) is 0 Å². The molecule has 1 N–H and O–H groups in total. The fourth-order valence-corrected chi connectivity index (χ4v) is 2.50. The summed E-state index contributed by atoms with van der Waals surface area (Å²) in [6.07, 6.45) is 5.16. The minimum absolute atomic E-state index is 0.748. The summed E-state index contributed by atoms with van der Waals surface area (Å²) in [5.74, 6) is 0. The van der Waals surface area contributed by atoms with Crippen molar-refractivity contribution in [2.24, 2.45) is 0 Å². The molecule has 16 heavy (non-hydrogen) atoms. The predicted octanol–water partition coefficient (Wildman–Crippen LogP) is 2.26. The molecule has 1 aliphatic rings. The highest BCUT2D eigenvalue weighted by molar-refractivity contribution is 5.44. The van der Waals surface area contributed by atoms with E-state index >= 15 is 0 Å². The molecule has 1 unspecified atom stereocenters. The average molecular weight is 211 g/mol. The molecule has 80 valence electrons. The van der Waals surface area contributed by atoms with Crippen LogP contribution in [0.15, 0.2) is 48.8 Å². The van der Waals surface area contributed by atoms with Crippen molar-refractivity contribution in [3.63, 3.8) is 0 Å². The van der Waals surface area contributed by atoms with Gasteiger partial charge in [0.1, 0.15) is 5.60 Å². The van der Waals surface area contributed by atoms with Crippen molar-refractivity contribution in [1.29, 1.82) is 0 Å². The van der Waals surface area contributed by atoms with Crippen molar-refractivity contribution >= 4 is 0 Å². The summed E-state index contributed by atoms with van der Waals surface area (Å²) in [4.78, 5) is 4.09. The highest BCUT2D eigenvalue weighted by Crippen LogP contribution is 2.41. The molecule has 1 aromatic heterocycles. The fraction of sp³-hybridized carbons (Fsp3) is 0.214. The molecule has 0 amide bonds. The third-order valence-corrected chi connectivity index (χ3v) is 3.36. The highest BCUT2D eigenvalue weighted by Gasteiger charge is 2.37. The van der Waals surface area contributed by atoms with Crippen molar-refractivity contribution in [1.82, 2.24) is 4.98 Å². The molecule has 0 bridgehead atoms. The SMILES string of the molecule is OC1(c2cccnc2)CCc2ccccc21. The van der Waals surface area contributed by atoms with Gasteiger partial charge in [-0.15, -0.1) is 0 Å². The van der Waals surface area contributed by atoms with Gasteiger partial charge in [-0.05, 0) is 30.0 Å². The third kappa shape index (κ3) is 1.27. The zero-order chi connectivity index (χ0) is 11.0. The Hall–Kier alpha value is -1.67. The smallest absolute Gasteiger partial charge is 0.117 e. The summed E-state index contributed by atoms with van der Waals surface area (Å²) < 4.78 is 0. The molecule has 0 aliphatic heterocycles. The minimum Gasteiger partial charge on any atom is -0.380 e. The van der Waals surface area contributed by atoms with Crippen LogP contribution in [0.2, 0.25) is 0 Å². The van der Waals surface area contributed by atoms with E-state index < -0.39 is 5.60 Å². The minimum atomic E-state index is -0.842. The molecule has 0 radical (unpaired) electrons. The fourth-order valence-electron chi connectivity index (χ4n) is 2.50. The van der Waals surface area contributed by atoms with Crippen LogP contribution >= 0.6 is 0 Å². The van der Waals surface area contributed by atoms with Crippen molar-refractivity contribution in [3.05, 3.63) is 65.5 Å². The first kappa shape index (κ1) is 9.55. The van der Waals surface area contributed by atoms with E-state index in [0.717, 1.165) is 24.0 Å². The lowest BCUT2D eigenvalue weighted by atomic mass is 9.89. The molecule has 0 saturated heterocycles. The normalized spacial score (nSPS) is 23.1. The number of aryl methyl sites for hydroxylation is 1. The topological polar surface area (TPSA) is 33.1 Å². The molecule has 1 aliphatic carbocycles. The van der Waals surface area contributed by atoms with Gasteiger partial charge < -0.3 is 5.11 Å². The van der Waals surface area contributed by atoms with Gasteiger partial charge in [-0.3, -0.25) is 4.98 Å². The van der Waals surface area contributed by atoms with Gasteiger partial charge in [0.2, 0.25) is 0 Å². The van der Waals surface area contributed by atoms with E-state index in [0.29, 0.717) is 0 Å². The molecule has 0 fully saturated rings. The summed E-state index contributed by atoms with van der Waals surface area (Å²) in [6.45, 7) is 0. The summed E-state index contributed by atoms with van der Waals surface area (Å²) in [5, 5.41) is 10.8. The molecular weight excluding hydrogens is 198 g/mol. The first-order valence-corrected chi connectivity index (χ1v) is 5.52. The molecular formula is C14H13NO. The Morgan fingerprint density at radius 1 is 1.12 bits per heavy atom. The first-order valence-electron chi connectivity index (χ1n) is 5.52. The van der Waals surface area contributed by atoms with E-state index in [1.807, 2.05) is 30.3 Å². The van der Waals surface area contributed by atoms with Gasteiger partial charge in [-0.2, -0.15) is 0 Å². The molecule has 0 spiro atoms. The Bertz CT molecular complexity index is 509. The van der Waals surface area contributed by atoms with Gasteiger partial charge in [-0.25, -0.2) is 0 Å². The number of hydrogen-bond acceptors (Lipinski definition) is 2. The van der Waals surface area contributed by atoms with Crippen molar-refractivity contribution in [3.8, 4) is 0 Å². The van der Waals surface area contributed by atoms with E-state index in [2.05, 4.69) is 11.1 Å². The van der Waals surface area contributed by atoms with Crippen molar-refractivity contribution in [2.75, 3.05) is 0 Å². The Balaban J connectivity index is 2.15. The van der Waals surface area contributed by atoms with Crippen LogP contribution in [-0.2, 0) is 12.0 Å². The van der Waals surface area contributed by atoms with E-state index in [-0.39, 0.29) is 0 Å². The molecule has 2 nitrogen and oxygen atoms in total. The lowest BCUT2D eigenvalue weighted by Crippen LogP contribution is -2.23. The quantitative estimate of drug-likeness (QED) is 0.785. The van der Waals surface area contributed by atoms with Crippen LogP contribution < -0.4 is 0 Å². The van der Waals surface area contributed by atoms with E-state index in [4.69, 9.17) is 0 Å². The van der Waals surface area contributed by atoms with Crippen LogP contribution in [0.1, 0.15) is 23.1 Å². The highest BCUT2D eigenvalue weighted by atomic mass is 16.3. The number of aliphatic hydroxyl groups is 1. The standard InChI is InChI=1S/C14H13NO/c16-14(12-5-3-9-15-10-12)8-7-11-4-1-2-6-13(11)14/h1-6,9-10,16H,7-8H2. The second-order valence-corrected chi connectivity index (χ2v) is 4.26. The zero-order valence-corrected chi connectivity index (χ0v) is 8.93. The zero-order valence-electron chi connectivity index (χ0n) is 8.93.